The van der Waals surface area contributed by atoms with Gasteiger partial charge < -0.3 is 0 Å². The monoisotopic (exact) mass is 327 g/mol. The van der Waals surface area contributed by atoms with Crippen LogP contribution in [0.25, 0.3) is 22.2 Å². The first-order chi connectivity index (χ1) is 10.8. The maximum absolute atomic E-state index is 14.0. The summed E-state index contributed by atoms with van der Waals surface area (Å²) in [5, 5.41) is 0.699. The number of benzene rings is 2. The molecule has 0 aliphatic heterocycles. The van der Waals surface area contributed by atoms with Crippen LogP contribution in [0.5, 0.6) is 0 Å². The summed E-state index contributed by atoms with van der Waals surface area (Å²) in [5.74, 6) is -5.95. The Kier molecular flexibility index (Phi) is 3.50. The lowest BCUT2D eigenvalue weighted by molar-refractivity contribution is -0.142. The lowest BCUT2D eigenvalue weighted by Gasteiger charge is -2.12. The molecule has 1 aromatic heterocycles. The Labute approximate surface area is 126 Å². The number of alkyl halides is 3. The lowest BCUT2D eigenvalue weighted by atomic mass is 10.0. The Bertz CT molecular complexity index is 901. The van der Waals surface area contributed by atoms with Gasteiger partial charge in [-0.15, -0.1) is 0 Å². The van der Waals surface area contributed by atoms with Crippen LogP contribution in [0.2, 0.25) is 0 Å². The smallest absolute Gasteiger partial charge is 0.248 e. The van der Waals surface area contributed by atoms with Gasteiger partial charge in [-0.1, -0.05) is 24.3 Å². The average Bonchev–Trinajstić information content (AvgIpc) is 2.49. The van der Waals surface area contributed by atoms with Crippen molar-refractivity contribution in [3.05, 3.63) is 65.5 Å². The number of hydrogen-bond donors (Lipinski definition) is 0. The summed E-state index contributed by atoms with van der Waals surface area (Å²) in [4.78, 5) is 4.03. The zero-order chi connectivity index (χ0) is 16.8. The fourth-order valence-corrected chi connectivity index (χ4v) is 2.26. The number of hydrogen-bond acceptors (Lipinski definition) is 1. The lowest BCUT2D eigenvalue weighted by Crippen LogP contribution is -2.13. The SMILES string of the molecule is Fc1cc(-c2ccc3ccccc3n2)c(F)c(F)c1C(F)(F)F. The second kappa shape index (κ2) is 5.26. The normalized spacial score (nSPS) is 11.9. The standard InChI is InChI=1S/C16H7F6N/c17-10-7-9(14(18)15(19)13(10)16(20,21)22)12-6-5-8-3-1-2-4-11(8)23-12/h1-7H. The van der Waals surface area contributed by atoms with E-state index < -0.39 is 34.8 Å². The van der Waals surface area contributed by atoms with Crippen molar-refractivity contribution in [1.82, 2.24) is 4.98 Å². The number of fused-ring (bicyclic) bond motifs is 1. The number of nitrogens with zero attached hydrogens (tertiary/aromatic N) is 1. The van der Waals surface area contributed by atoms with Crippen molar-refractivity contribution in [3.8, 4) is 11.3 Å². The van der Waals surface area contributed by atoms with E-state index in [9.17, 15) is 26.3 Å². The second-order valence-electron chi connectivity index (χ2n) is 4.80. The van der Waals surface area contributed by atoms with Crippen LogP contribution in [-0.4, -0.2) is 4.98 Å². The van der Waals surface area contributed by atoms with Crippen LogP contribution < -0.4 is 0 Å². The Morgan fingerprint density at radius 1 is 0.826 bits per heavy atom. The number of pyridine rings is 1. The van der Waals surface area contributed by atoms with E-state index in [0.717, 1.165) is 0 Å². The van der Waals surface area contributed by atoms with E-state index in [1.54, 1.807) is 24.3 Å². The van der Waals surface area contributed by atoms with Crippen LogP contribution in [0, 0.1) is 17.5 Å². The highest BCUT2D eigenvalue weighted by molar-refractivity contribution is 5.81. The summed E-state index contributed by atoms with van der Waals surface area (Å²) in [6.07, 6.45) is -5.33. The van der Waals surface area contributed by atoms with Gasteiger partial charge in [0.05, 0.1) is 11.2 Å². The van der Waals surface area contributed by atoms with Gasteiger partial charge in [0.1, 0.15) is 11.4 Å². The van der Waals surface area contributed by atoms with Gasteiger partial charge in [0.15, 0.2) is 11.6 Å². The van der Waals surface area contributed by atoms with E-state index in [4.69, 9.17) is 0 Å². The topological polar surface area (TPSA) is 12.9 Å². The Balaban J connectivity index is 2.23. The summed E-state index contributed by atoms with van der Waals surface area (Å²) in [6, 6.07) is 9.82. The molecule has 3 rings (SSSR count). The van der Waals surface area contributed by atoms with Gasteiger partial charge in [-0.25, -0.2) is 18.2 Å². The molecular weight excluding hydrogens is 320 g/mol. The predicted molar refractivity (Wildman–Crippen MR) is 72.1 cm³/mol. The minimum Gasteiger partial charge on any atom is -0.248 e. The molecule has 0 bridgehead atoms. The first kappa shape index (κ1) is 15.3. The molecule has 1 nitrogen and oxygen atoms in total. The van der Waals surface area contributed by atoms with Crippen molar-refractivity contribution in [2.24, 2.45) is 0 Å². The summed E-state index contributed by atoms with van der Waals surface area (Å²) < 4.78 is 79.0. The number of para-hydroxylation sites is 1. The van der Waals surface area contributed by atoms with Crippen molar-refractivity contribution in [3.63, 3.8) is 0 Å². The van der Waals surface area contributed by atoms with Crippen LogP contribution in [0.15, 0.2) is 42.5 Å². The molecule has 0 unspecified atom stereocenters. The van der Waals surface area contributed by atoms with Crippen LogP contribution in [0.4, 0.5) is 26.3 Å². The predicted octanol–water partition coefficient (Wildman–Crippen LogP) is 5.34. The molecular formula is C16H7F6N. The van der Waals surface area contributed by atoms with Crippen molar-refractivity contribution in [2.45, 2.75) is 6.18 Å². The molecule has 3 aromatic rings. The molecule has 0 aliphatic rings. The molecule has 0 N–H and O–H groups in total. The molecule has 0 saturated carbocycles. The summed E-state index contributed by atoms with van der Waals surface area (Å²) in [7, 11) is 0. The first-order valence-electron chi connectivity index (χ1n) is 6.40. The Morgan fingerprint density at radius 3 is 2.22 bits per heavy atom. The van der Waals surface area contributed by atoms with Crippen molar-refractivity contribution < 1.29 is 26.3 Å². The fourth-order valence-electron chi connectivity index (χ4n) is 2.26. The Hall–Kier alpha value is -2.57. The maximum atomic E-state index is 14.0. The number of aromatic nitrogens is 1. The van der Waals surface area contributed by atoms with Gasteiger partial charge in [0.25, 0.3) is 0 Å². The van der Waals surface area contributed by atoms with Crippen molar-refractivity contribution >= 4 is 10.9 Å². The zero-order valence-corrected chi connectivity index (χ0v) is 11.3. The fraction of sp³-hybridized carbons (Fsp3) is 0.0625. The molecule has 23 heavy (non-hydrogen) atoms. The van der Waals surface area contributed by atoms with E-state index in [-0.39, 0.29) is 5.69 Å². The third-order valence-electron chi connectivity index (χ3n) is 3.32. The minimum atomic E-state index is -5.33. The third kappa shape index (κ3) is 2.62. The van der Waals surface area contributed by atoms with Gasteiger partial charge in [0, 0.05) is 10.9 Å². The van der Waals surface area contributed by atoms with E-state index in [0.29, 0.717) is 17.0 Å². The molecule has 0 fully saturated rings. The van der Waals surface area contributed by atoms with Crippen LogP contribution in [0.3, 0.4) is 0 Å². The van der Waals surface area contributed by atoms with Crippen molar-refractivity contribution in [1.29, 1.82) is 0 Å². The summed E-state index contributed by atoms with van der Waals surface area (Å²) >= 11 is 0. The summed E-state index contributed by atoms with van der Waals surface area (Å²) in [5.41, 5.74) is -2.66. The van der Waals surface area contributed by atoms with Crippen LogP contribution >= 0.6 is 0 Å². The maximum Gasteiger partial charge on any atom is 0.422 e. The highest BCUT2D eigenvalue weighted by Gasteiger charge is 2.40. The van der Waals surface area contributed by atoms with E-state index >= 15 is 0 Å². The Morgan fingerprint density at radius 2 is 1.52 bits per heavy atom. The van der Waals surface area contributed by atoms with Crippen LogP contribution in [0.1, 0.15) is 5.56 Å². The van der Waals surface area contributed by atoms with Crippen molar-refractivity contribution in [2.75, 3.05) is 0 Å². The number of rotatable bonds is 1. The molecule has 0 radical (unpaired) electrons. The molecule has 0 saturated heterocycles. The quantitative estimate of drug-likeness (QED) is 0.434. The molecule has 1 heterocycles. The first-order valence-corrected chi connectivity index (χ1v) is 6.40. The van der Waals surface area contributed by atoms with Gasteiger partial charge in [-0.2, -0.15) is 13.2 Å². The summed E-state index contributed by atoms with van der Waals surface area (Å²) in [6.45, 7) is 0. The highest BCUT2D eigenvalue weighted by atomic mass is 19.4. The van der Waals surface area contributed by atoms with E-state index in [1.165, 1.54) is 12.1 Å². The van der Waals surface area contributed by atoms with Gasteiger partial charge in [-0.3, -0.25) is 0 Å². The molecule has 118 valence electrons. The third-order valence-corrected chi connectivity index (χ3v) is 3.32. The van der Waals surface area contributed by atoms with Gasteiger partial charge in [-0.05, 0) is 18.2 Å². The molecule has 7 heteroatoms. The van der Waals surface area contributed by atoms with Gasteiger partial charge in [0.2, 0.25) is 0 Å². The largest absolute Gasteiger partial charge is 0.422 e. The number of halogens is 6. The minimum absolute atomic E-state index is 0.160. The van der Waals surface area contributed by atoms with Crippen LogP contribution in [-0.2, 0) is 6.18 Å². The molecule has 0 atom stereocenters. The zero-order valence-electron chi connectivity index (χ0n) is 11.3. The molecule has 0 spiro atoms. The average molecular weight is 327 g/mol. The second-order valence-corrected chi connectivity index (χ2v) is 4.80. The van der Waals surface area contributed by atoms with E-state index in [2.05, 4.69) is 4.98 Å². The molecule has 2 aromatic carbocycles. The highest BCUT2D eigenvalue weighted by Crippen LogP contribution is 2.37. The molecule has 0 amide bonds. The van der Waals surface area contributed by atoms with Gasteiger partial charge >= 0.3 is 6.18 Å². The van der Waals surface area contributed by atoms with E-state index in [1.807, 2.05) is 0 Å². The molecule has 0 aliphatic carbocycles.